The first-order chi connectivity index (χ1) is 3.41. The maximum absolute atomic E-state index is 8.02. The molecule has 0 aliphatic carbocycles. The molecule has 8 heavy (non-hydrogen) atoms. The second kappa shape index (κ2) is 9.88. The molecule has 0 unspecified atom stereocenters. The Morgan fingerprint density at radius 2 is 2.25 bits per heavy atom. The van der Waals surface area contributed by atoms with Gasteiger partial charge in [-0.2, -0.15) is 5.26 Å². The van der Waals surface area contributed by atoms with Crippen LogP contribution in [0.2, 0.25) is 0 Å². The Morgan fingerprint density at radius 3 is 2.62 bits per heavy atom. The van der Waals surface area contributed by atoms with Crippen LogP contribution in [0.5, 0.6) is 0 Å². The standard InChI is InChI=1S/C5H10N2.ClH/c1-2-7-5-3-4-6;/h7H,2-3,5H2,1H3;1H. The Hall–Kier alpha value is -0.260. The van der Waals surface area contributed by atoms with E-state index in [9.17, 15) is 0 Å². The minimum Gasteiger partial charge on any atom is -1.00 e. The zero-order valence-electron chi connectivity index (χ0n) is 5.02. The van der Waals surface area contributed by atoms with Gasteiger partial charge in [-0.25, -0.2) is 0 Å². The number of nitriles is 1. The number of quaternary nitrogens is 1. The highest BCUT2D eigenvalue weighted by molar-refractivity contribution is 4.65. The fourth-order valence-electron chi connectivity index (χ4n) is 0.371. The molecule has 0 radical (unpaired) electrons. The van der Waals surface area contributed by atoms with Crippen LogP contribution in [0.15, 0.2) is 0 Å². The van der Waals surface area contributed by atoms with Crippen molar-refractivity contribution in [2.24, 2.45) is 0 Å². The Labute approximate surface area is 56.3 Å². The summed E-state index contributed by atoms with van der Waals surface area (Å²) in [6.07, 6.45) is 0.674. The van der Waals surface area contributed by atoms with Crippen molar-refractivity contribution in [2.45, 2.75) is 13.3 Å². The summed E-state index contributed by atoms with van der Waals surface area (Å²) in [5.74, 6) is 0. The minimum atomic E-state index is 0. The molecule has 0 heterocycles. The Bertz CT molecular complexity index is 67.3. The molecule has 0 saturated carbocycles. The van der Waals surface area contributed by atoms with Crippen molar-refractivity contribution < 1.29 is 17.7 Å². The molecule has 0 spiro atoms. The Balaban J connectivity index is 0. The maximum Gasteiger partial charge on any atom is 0.0887 e. The highest BCUT2D eigenvalue weighted by Crippen LogP contribution is 1.59. The molecule has 0 aliphatic rings. The number of halogens is 1. The van der Waals surface area contributed by atoms with Gasteiger partial charge >= 0.3 is 0 Å². The van der Waals surface area contributed by atoms with Crippen molar-refractivity contribution in [1.29, 1.82) is 5.26 Å². The normalized spacial score (nSPS) is 7.00. The van der Waals surface area contributed by atoms with Gasteiger partial charge in [0.25, 0.3) is 0 Å². The van der Waals surface area contributed by atoms with Crippen molar-refractivity contribution >= 4 is 0 Å². The summed E-state index contributed by atoms with van der Waals surface area (Å²) in [6, 6.07) is 2.07. The fraction of sp³-hybridized carbons (Fsp3) is 0.800. The summed E-state index contributed by atoms with van der Waals surface area (Å²) >= 11 is 0. The van der Waals surface area contributed by atoms with Crippen LogP contribution < -0.4 is 17.7 Å². The number of hydrogen-bond acceptors (Lipinski definition) is 1. The van der Waals surface area contributed by atoms with Gasteiger partial charge in [0, 0.05) is 0 Å². The molecule has 0 bridgehead atoms. The molecule has 0 amide bonds. The van der Waals surface area contributed by atoms with E-state index in [0.29, 0.717) is 6.42 Å². The molecule has 0 rings (SSSR count). The first-order valence-electron chi connectivity index (χ1n) is 2.60. The summed E-state index contributed by atoms with van der Waals surface area (Å²) in [6.45, 7) is 4.12. The predicted molar refractivity (Wildman–Crippen MR) is 27.6 cm³/mol. The fourth-order valence-corrected chi connectivity index (χ4v) is 0.371. The quantitative estimate of drug-likeness (QED) is 0.400. The van der Waals surface area contributed by atoms with Gasteiger partial charge in [-0.05, 0) is 6.92 Å². The molecule has 3 heteroatoms. The molecule has 0 aromatic rings. The van der Waals surface area contributed by atoms with Crippen molar-refractivity contribution in [1.82, 2.24) is 0 Å². The summed E-state index contributed by atoms with van der Waals surface area (Å²) in [5.41, 5.74) is 0. The summed E-state index contributed by atoms with van der Waals surface area (Å²) < 4.78 is 0. The van der Waals surface area contributed by atoms with E-state index in [0.717, 1.165) is 13.1 Å². The SMILES string of the molecule is CC[NH2+]CCC#N.[Cl-]. The molecule has 0 saturated heterocycles. The zero-order chi connectivity index (χ0) is 5.54. The number of nitrogens with zero attached hydrogens (tertiary/aromatic N) is 1. The summed E-state index contributed by atoms with van der Waals surface area (Å²) in [4.78, 5) is 0. The largest absolute Gasteiger partial charge is 1.00 e. The molecule has 0 aliphatic heterocycles. The van der Waals surface area contributed by atoms with E-state index >= 15 is 0 Å². The van der Waals surface area contributed by atoms with Gasteiger partial charge in [0.2, 0.25) is 0 Å². The highest BCUT2D eigenvalue weighted by atomic mass is 35.5. The lowest BCUT2D eigenvalue weighted by atomic mass is 10.5. The summed E-state index contributed by atoms with van der Waals surface area (Å²) in [5, 5.41) is 10.1. The monoisotopic (exact) mass is 134 g/mol. The third-order valence-electron chi connectivity index (χ3n) is 0.749. The molecule has 2 N–H and O–H groups in total. The molecular weight excluding hydrogens is 124 g/mol. The molecule has 0 aromatic heterocycles. The first kappa shape index (κ1) is 10.7. The second-order valence-electron chi connectivity index (χ2n) is 1.39. The van der Waals surface area contributed by atoms with E-state index in [-0.39, 0.29) is 12.4 Å². The van der Waals surface area contributed by atoms with E-state index in [1.807, 2.05) is 0 Å². The minimum absolute atomic E-state index is 0. The Kier molecular flexibility index (Phi) is 13.2. The van der Waals surface area contributed by atoms with E-state index < -0.39 is 0 Å². The van der Waals surface area contributed by atoms with Crippen LogP contribution in [0.25, 0.3) is 0 Å². The van der Waals surface area contributed by atoms with Crippen LogP contribution >= 0.6 is 0 Å². The van der Waals surface area contributed by atoms with Crippen molar-refractivity contribution in [2.75, 3.05) is 13.1 Å². The predicted octanol–water partition coefficient (Wildman–Crippen LogP) is -3.51. The Morgan fingerprint density at radius 1 is 1.62 bits per heavy atom. The van der Waals surface area contributed by atoms with Gasteiger partial charge in [-0.3, -0.25) is 0 Å². The number of rotatable bonds is 3. The average Bonchev–Trinajstić information content (AvgIpc) is 1.69. The van der Waals surface area contributed by atoms with Crippen molar-refractivity contribution in [3.63, 3.8) is 0 Å². The molecule has 0 fully saturated rings. The van der Waals surface area contributed by atoms with Crippen molar-refractivity contribution in [3.05, 3.63) is 0 Å². The third kappa shape index (κ3) is 9.22. The second-order valence-corrected chi connectivity index (χ2v) is 1.39. The smallest absolute Gasteiger partial charge is 0.0887 e. The molecule has 0 atom stereocenters. The lowest BCUT2D eigenvalue weighted by molar-refractivity contribution is -0.650. The van der Waals surface area contributed by atoms with Crippen molar-refractivity contribution in [3.8, 4) is 6.07 Å². The van der Waals surface area contributed by atoms with Crippen LogP contribution in [0.3, 0.4) is 0 Å². The first-order valence-corrected chi connectivity index (χ1v) is 2.60. The lowest BCUT2D eigenvalue weighted by Crippen LogP contribution is -3.00. The van der Waals surface area contributed by atoms with Gasteiger partial charge in [0.05, 0.1) is 25.6 Å². The number of nitrogens with two attached hydrogens (primary N) is 1. The van der Waals surface area contributed by atoms with Crippen LogP contribution in [0, 0.1) is 11.3 Å². The van der Waals surface area contributed by atoms with E-state index in [1.54, 1.807) is 0 Å². The van der Waals surface area contributed by atoms with Gasteiger partial charge in [-0.15, -0.1) is 0 Å². The highest BCUT2D eigenvalue weighted by Gasteiger charge is 1.80. The van der Waals surface area contributed by atoms with Gasteiger partial charge in [0.1, 0.15) is 0 Å². The van der Waals surface area contributed by atoms with Crippen LogP contribution in [-0.4, -0.2) is 13.1 Å². The van der Waals surface area contributed by atoms with Gasteiger partial charge in [-0.1, -0.05) is 0 Å². The van der Waals surface area contributed by atoms with Gasteiger partial charge < -0.3 is 17.7 Å². The average molecular weight is 135 g/mol. The van der Waals surface area contributed by atoms with E-state index in [4.69, 9.17) is 5.26 Å². The number of hydrogen-bond donors (Lipinski definition) is 1. The van der Waals surface area contributed by atoms with E-state index in [1.165, 1.54) is 0 Å². The van der Waals surface area contributed by atoms with E-state index in [2.05, 4.69) is 18.3 Å². The third-order valence-corrected chi connectivity index (χ3v) is 0.749. The molecule has 48 valence electrons. The molecular formula is C5H11ClN2. The maximum atomic E-state index is 8.02. The lowest BCUT2D eigenvalue weighted by Gasteiger charge is -1.87. The zero-order valence-corrected chi connectivity index (χ0v) is 5.78. The van der Waals surface area contributed by atoms with Crippen LogP contribution in [0.4, 0.5) is 0 Å². The van der Waals surface area contributed by atoms with Crippen LogP contribution in [-0.2, 0) is 0 Å². The topological polar surface area (TPSA) is 40.4 Å². The van der Waals surface area contributed by atoms with Gasteiger partial charge in [0.15, 0.2) is 0 Å². The molecule has 0 aromatic carbocycles. The molecule has 2 nitrogen and oxygen atoms in total. The van der Waals surface area contributed by atoms with Crippen LogP contribution in [0.1, 0.15) is 13.3 Å². The summed E-state index contributed by atoms with van der Waals surface area (Å²) in [7, 11) is 0.